The van der Waals surface area contributed by atoms with Crippen molar-refractivity contribution in [1.82, 2.24) is 5.43 Å². The van der Waals surface area contributed by atoms with Gasteiger partial charge in [-0.25, -0.2) is 5.43 Å². The lowest BCUT2D eigenvalue weighted by Crippen LogP contribution is -2.25. The maximum absolute atomic E-state index is 11.9. The SMILES string of the molecule is COc1ccccc1OCC(=O)N/N=C(/C)c1ccc(NC(C)=O)cc1. The molecule has 2 aromatic carbocycles. The van der Waals surface area contributed by atoms with Gasteiger partial charge in [0.15, 0.2) is 18.1 Å². The van der Waals surface area contributed by atoms with Gasteiger partial charge >= 0.3 is 0 Å². The Labute approximate surface area is 152 Å². The maximum Gasteiger partial charge on any atom is 0.277 e. The number of ether oxygens (including phenoxy) is 2. The van der Waals surface area contributed by atoms with Crippen LogP contribution in [0.3, 0.4) is 0 Å². The van der Waals surface area contributed by atoms with Crippen LogP contribution in [0.1, 0.15) is 19.4 Å². The van der Waals surface area contributed by atoms with Gasteiger partial charge in [-0.05, 0) is 36.8 Å². The number of rotatable bonds is 7. The van der Waals surface area contributed by atoms with Crippen LogP contribution in [0.2, 0.25) is 0 Å². The van der Waals surface area contributed by atoms with Gasteiger partial charge in [-0.15, -0.1) is 0 Å². The fraction of sp³-hybridized carbons (Fsp3) is 0.211. The number of anilines is 1. The Hall–Kier alpha value is -3.35. The number of methoxy groups -OCH3 is 1. The zero-order valence-electron chi connectivity index (χ0n) is 14.9. The molecule has 7 heteroatoms. The van der Waals surface area contributed by atoms with Gasteiger partial charge in [-0.3, -0.25) is 9.59 Å². The zero-order valence-corrected chi connectivity index (χ0v) is 14.9. The third kappa shape index (κ3) is 5.62. The molecule has 2 amide bonds. The maximum atomic E-state index is 11.9. The molecule has 2 rings (SSSR count). The van der Waals surface area contributed by atoms with E-state index in [0.29, 0.717) is 22.9 Å². The normalized spacial score (nSPS) is 10.8. The number of amides is 2. The molecule has 0 aliphatic rings. The van der Waals surface area contributed by atoms with Crippen molar-refractivity contribution in [3.8, 4) is 11.5 Å². The Bertz CT molecular complexity index is 801. The molecular formula is C19H21N3O4. The number of para-hydroxylation sites is 2. The largest absolute Gasteiger partial charge is 0.493 e. The molecule has 0 bridgehead atoms. The fourth-order valence-electron chi connectivity index (χ4n) is 2.12. The van der Waals surface area contributed by atoms with Gasteiger partial charge in [0.2, 0.25) is 5.91 Å². The second-order valence-corrected chi connectivity index (χ2v) is 5.43. The van der Waals surface area contributed by atoms with E-state index in [0.717, 1.165) is 5.56 Å². The summed E-state index contributed by atoms with van der Waals surface area (Å²) in [6.45, 7) is 3.04. The van der Waals surface area contributed by atoms with Crippen molar-refractivity contribution in [2.24, 2.45) is 5.10 Å². The summed E-state index contributed by atoms with van der Waals surface area (Å²) in [6.07, 6.45) is 0. The van der Waals surface area contributed by atoms with E-state index in [1.54, 1.807) is 37.3 Å². The highest BCUT2D eigenvalue weighted by atomic mass is 16.5. The topological polar surface area (TPSA) is 89.0 Å². The van der Waals surface area contributed by atoms with Crippen LogP contribution in [0, 0.1) is 0 Å². The molecule has 0 atom stereocenters. The van der Waals surface area contributed by atoms with Crippen LogP contribution in [-0.4, -0.2) is 31.2 Å². The van der Waals surface area contributed by atoms with Crippen LogP contribution in [0.25, 0.3) is 0 Å². The fourth-order valence-corrected chi connectivity index (χ4v) is 2.12. The van der Waals surface area contributed by atoms with E-state index in [-0.39, 0.29) is 18.4 Å². The van der Waals surface area contributed by atoms with Gasteiger partial charge in [-0.1, -0.05) is 24.3 Å². The minimum absolute atomic E-state index is 0.134. The standard InChI is InChI=1S/C19H21N3O4/c1-13(15-8-10-16(11-9-15)20-14(2)23)21-22-19(24)12-26-18-7-5-4-6-17(18)25-3/h4-11H,12H2,1-3H3,(H,20,23)(H,22,24)/b21-13-. The number of carbonyl (C=O) groups is 2. The number of carbonyl (C=O) groups excluding carboxylic acids is 2. The summed E-state index contributed by atoms with van der Waals surface area (Å²) in [4.78, 5) is 22.9. The van der Waals surface area contributed by atoms with Crippen molar-refractivity contribution in [3.63, 3.8) is 0 Å². The number of nitrogens with zero attached hydrogens (tertiary/aromatic N) is 1. The molecular weight excluding hydrogens is 334 g/mol. The van der Waals surface area contributed by atoms with Crippen molar-refractivity contribution >= 4 is 23.2 Å². The number of hydrazone groups is 1. The predicted octanol–water partition coefficient (Wildman–Crippen LogP) is 2.57. The Kier molecular flexibility index (Phi) is 6.73. The van der Waals surface area contributed by atoms with Gasteiger partial charge in [-0.2, -0.15) is 5.10 Å². The molecule has 0 fully saturated rings. The third-order valence-electron chi connectivity index (χ3n) is 3.40. The van der Waals surface area contributed by atoms with Gasteiger partial charge in [0.1, 0.15) is 0 Å². The second-order valence-electron chi connectivity index (χ2n) is 5.43. The summed E-state index contributed by atoms with van der Waals surface area (Å²) >= 11 is 0. The van der Waals surface area contributed by atoms with Crippen LogP contribution in [0.4, 0.5) is 5.69 Å². The smallest absolute Gasteiger partial charge is 0.277 e. The quantitative estimate of drug-likeness (QED) is 0.590. The predicted molar refractivity (Wildman–Crippen MR) is 99.6 cm³/mol. The summed E-state index contributed by atoms with van der Waals surface area (Å²) in [6, 6.07) is 14.2. The highest BCUT2D eigenvalue weighted by Gasteiger charge is 2.07. The van der Waals surface area contributed by atoms with E-state index in [9.17, 15) is 9.59 Å². The van der Waals surface area contributed by atoms with Crippen molar-refractivity contribution in [3.05, 3.63) is 54.1 Å². The highest BCUT2D eigenvalue weighted by Crippen LogP contribution is 2.25. The molecule has 0 aliphatic heterocycles. The Balaban J connectivity index is 1.89. The Morgan fingerprint density at radius 1 is 1.00 bits per heavy atom. The van der Waals surface area contributed by atoms with Crippen molar-refractivity contribution in [1.29, 1.82) is 0 Å². The first-order valence-electron chi connectivity index (χ1n) is 7.96. The molecule has 26 heavy (non-hydrogen) atoms. The average molecular weight is 355 g/mol. The first-order chi connectivity index (χ1) is 12.5. The van der Waals surface area contributed by atoms with Gasteiger partial charge in [0.25, 0.3) is 5.91 Å². The van der Waals surface area contributed by atoms with E-state index in [1.165, 1.54) is 14.0 Å². The van der Waals surface area contributed by atoms with Crippen molar-refractivity contribution in [2.75, 3.05) is 19.0 Å². The molecule has 2 N–H and O–H groups in total. The second kappa shape index (κ2) is 9.22. The average Bonchev–Trinajstić information content (AvgIpc) is 2.64. The molecule has 136 valence electrons. The van der Waals surface area contributed by atoms with E-state index in [2.05, 4.69) is 15.8 Å². The van der Waals surface area contributed by atoms with Crippen LogP contribution in [-0.2, 0) is 9.59 Å². The van der Waals surface area contributed by atoms with Crippen molar-refractivity contribution < 1.29 is 19.1 Å². The Morgan fingerprint density at radius 2 is 1.65 bits per heavy atom. The lowest BCUT2D eigenvalue weighted by Gasteiger charge is -2.09. The lowest BCUT2D eigenvalue weighted by atomic mass is 10.1. The molecule has 0 aliphatic carbocycles. The number of hydrogen-bond acceptors (Lipinski definition) is 5. The molecule has 0 saturated heterocycles. The summed E-state index contributed by atoms with van der Waals surface area (Å²) in [5.74, 6) is 0.522. The molecule has 0 aromatic heterocycles. The molecule has 0 radical (unpaired) electrons. The van der Waals surface area contributed by atoms with Crippen LogP contribution in [0.5, 0.6) is 11.5 Å². The minimum atomic E-state index is -0.384. The number of nitrogens with one attached hydrogen (secondary N) is 2. The first kappa shape index (κ1) is 19.0. The lowest BCUT2D eigenvalue weighted by molar-refractivity contribution is -0.123. The monoisotopic (exact) mass is 355 g/mol. The highest BCUT2D eigenvalue weighted by molar-refractivity contribution is 6.00. The number of hydrogen-bond donors (Lipinski definition) is 2. The van der Waals surface area contributed by atoms with Gasteiger partial charge in [0.05, 0.1) is 12.8 Å². The zero-order chi connectivity index (χ0) is 18.9. The summed E-state index contributed by atoms with van der Waals surface area (Å²) in [7, 11) is 1.53. The molecule has 2 aromatic rings. The Morgan fingerprint density at radius 3 is 2.27 bits per heavy atom. The molecule has 0 spiro atoms. The van der Waals surface area contributed by atoms with Crippen molar-refractivity contribution in [2.45, 2.75) is 13.8 Å². The van der Waals surface area contributed by atoms with Gasteiger partial charge < -0.3 is 14.8 Å². The third-order valence-corrected chi connectivity index (χ3v) is 3.40. The van der Waals surface area contributed by atoms with E-state index in [1.807, 2.05) is 18.2 Å². The van der Waals surface area contributed by atoms with Gasteiger partial charge in [0, 0.05) is 12.6 Å². The summed E-state index contributed by atoms with van der Waals surface area (Å²) < 4.78 is 10.6. The molecule has 7 nitrogen and oxygen atoms in total. The molecule has 0 heterocycles. The minimum Gasteiger partial charge on any atom is -0.493 e. The van der Waals surface area contributed by atoms with E-state index >= 15 is 0 Å². The van der Waals surface area contributed by atoms with Crippen LogP contribution >= 0.6 is 0 Å². The molecule has 0 saturated carbocycles. The van der Waals surface area contributed by atoms with Crippen LogP contribution in [0.15, 0.2) is 53.6 Å². The van der Waals surface area contributed by atoms with E-state index in [4.69, 9.17) is 9.47 Å². The summed E-state index contributed by atoms with van der Waals surface area (Å²) in [5, 5.41) is 6.75. The summed E-state index contributed by atoms with van der Waals surface area (Å²) in [5.41, 5.74) is 4.60. The van der Waals surface area contributed by atoms with Crippen LogP contribution < -0.4 is 20.2 Å². The first-order valence-corrected chi connectivity index (χ1v) is 7.96. The van der Waals surface area contributed by atoms with E-state index < -0.39 is 0 Å². The molecule has 0 unspecified atom stereocenters. The number of benzene rings is 2.